The van der Waals surface area contributed by atoms with Gasteiger partial charge in [0, 0.05) is 0 Å². The van der Waals surface area contributed by atoms with Crippen molar-refractivity contribution in [3.05, 3.63) is 83.0 Å². The first-order valence-electron chi connectivity index (χ1n) is 10.4. The third kappa shape index (κ3) is 6.62. The van der Waals surface area contributed by atoms with Crippen molar-refractivity contribution in [1.82, 2.24) is 0 Å². The first kappa shape index (κ1) is 23.5. The van der Waals surface area contributed by atoms with Crippen LogP contribution >= 0.6 is 0 Å². The third-order valence-electron chi connectivity index (χ3n) is 5.57. The fourth-order valence-electron chi connectivity index (χ4n) is 3.66. The SMILES string of the molecule is COc1ccc(OC2CCC(C)(C)C(C=CC(C)=CC=CC(C)=CC=O)=C2C)cc1. The number of rotatable bonds is 8. The van der Waals surface area contributed by atoms with E-state index in [-0.39, 0.29) is 11.5 Å². The lowest BCUT2D eigenvalue weighted by atomic mass is 9.71. The summed E-state index contributed by atoms with van der Waals surface area (Å²) in [6.07, 6.45) is 14.8. The monoisotopic (exact) mass is 406 g/mol. The van der Waals surface area contributed by atoms with E-state index in [1.807, 2.05) is 43.3 Å². The number of aldehydes is 1. The number of carbonyl (C=O) groups is 1. The van der Waals surface area contributed by atoms with Crippen LogP contribution in [0.25, 0.3) is 0 Å². The Morgan fingerprint density at radius 1 is 1.03 bits per heavy atom. The van der Waals surface area contributed by atoms with Gasteiger partial charge >= 0.3 is 0 Å². The molecule has 1 aliphatic carbocycles. The van der Waals surface area contributed by atoms with Gasteiger partial charge in [-0.3, -0.25) is 4.79 Å². The lowest BCUT2D eigenvalue weighted by Gasteiger charge is -2.37. The molecule has 1 aromatic rings. The minimum absolute atomic E-state index is 0.0754. The molecule has 0 amide bonds. The fourth-order valence-corrected chi connectivity index (χ4v) is 3.66. The van der Waals surface area contributed by atoms with Gasteiger partial charge in [0.2, 0.25) is 0 Å². The summed E-state index contributed by atoms with van der Waals surface area (Å²) in [7, 11) is 1.67. The number of ether oxygens (including phenoxy) is 2. The van der Waals surface area contributed by atoms with Crippen LogP contribution < -0.4 is 9.47 Å². The molecule has 2 rings (SSSR count). The van der Waals surface area contributed by atoms with Gasteiger partial charge in [-0.05, 0) is 86.1 Å². The molecule has 160 valence electrons. The summed E-state index contributed by atoms with van der Waals surface area (Å²) in [5.41, 5.74) is 4.81. The highest BCUT2D eigenvalue weighted by molar-refractivity contribution is 5.66. The van der Waals surface area contributed by atoms with Crippen molar-refractivity contribution in [1.29, 1.82) is 0 Å². The van der Waals surface area contributed by atoms with E-state index < -0.39 is 0 Å². The lowest BCUT2D eigenvalue weighted by molar-refractivity contribution is -0.104. The van der Waals surface area contributed by atoms with Crippen molar-refractivity contribution in [3.63, 3.8) is 0 Å². The van der Waals surface area contributed by atoms with Crippen molar-refractivity contribution < 1.29 is 14.3 Å². The Morgan fingerprint density at radius 3 is 2.30 bits per heavy atom. The van der Waals surface area contributed by atoms with Gasteiger partial charge in [-0.1, -0.05) is 49.8 Å². The second-order valence-electron chi connectivity index (χ2n) is 8.45. The Morgan fingerprint density at radius 2 is 1.67 bits per heavy atom. The Bertz CT molecular complexity index is 877. The highest BCUT2D eigenvalue weighted by Gasteiger charge is 2.32. The van der Waals surface area contributed by atoms with Crippen LogP contribution in [0.2, 0.25) is 0 Å². The average Bonchev–Trinajstić information content (AvgIpc) is 2.70. The number of hydrogen-bond donors (Lipinski definition) is 0. The van der Waals surface area contributed by atoms with E-state index in [1.165, 1.54) is 11.1 Å². The summed E-state index contributed by atoms with van der Waals surface area (Å²) in [6, 6.07) is 7.77. The molecule has 3 nitrogen and oxygen atoms in total. The van der Waals surface area contributed by atoms with Crippen molar-refractivity contribution in [2.75, 3.05) is 7.11 Å². The van der Waals surface area contributed by atoms with E-state index >= 15 is 0 Å². The molecule has 0 spiro atoms. The van der Waals surface area contributed by atoms with Crippen molar-refractivity contribution >= 4 is 6.29 Å². The van der Waals surface area contributed by atoms with E-state index in [0.29, 0.717) is 0 Å². The molecule has 0 saturated carbocycles. The van der Waals surface area contributed by atoms with Gasteiger partial charge in [-0.2, -0.15) is 0 Å². The molecule has 0 bridgehead atoms. The molecule has 0 saturated heterocycles. The van der Waals surface area contributed by atoms with Crippen LogP contribution in [0.3, 0.4) is 0 Å². The highest BCUT2D eigenvalue weighted by Crippen LogP contribution is 2.42. The van der Waals surface area contributed by atoms with Gasteiger partial charge in [-0.15, -0.1) is 0 Å². The molecule has 30 heavy (non-hydrogen) atoms. The standard InChI is InChI=1S/C27H34O3/c1-20(8-7-9-21(2)17-19-28)10-15-25-22(3)26(16-18-27(25,4)5)30-24-13-11-23(29-6)12-14-24/h7-15,17,19,26H,16,18H2,1-6H3. The molecule has 1 atom stereocenters. The quantitative estimate of drug-likeness (QED) is 0.271. The van der Waals surface area contributed by atoms with Gasteiger partial charge in [0.05, 0.1) is 7.11 Å². The summed E-state index contributed by atoms with van der Waals surface area (Å²) in [5, 5.41) is 0. The molecule has 1 aromatic carbocycles. The van der Waals surface area contributed by atoms with E-state index in [0.717, 1.165) is 41.8 Å². The van der Waals surface area contributed by atoms with Gasteiger partial charge in [0.25, 0.3) is 0 Å². The van der Waals surface area contributed by atoms with E-state index in [2.05, 4.69) is 45.9 Å². The number of carbonyl (C=O) groups excluding carboxylic acids is 1. The van der Waals surface area contributed by atoms with Gasteiger partial charge in [0.15, 0.2) is 0 Å². The van der Waals surface area contributed by atoms with Crippen molar-refractivity contribution in [3.8, 4) is 11.5 Å². The average molecular weight is 407 g/mol. The molecule has 3 heteroatoms. The molecule has 0 fully saturated rings. The van der Waals surface area contributed by atoms with Gasteiger partial charge in [-0.25, -0.2) is 0 Å². The third-order valence-corrected chi connectivity index (χ3v) is 5.57. The molecule has 0 radical (unpaired) electrons. The molecule has 0 heterocycles. The zero-order valence-corrected chi connectivity index (χ0v) is 19.1. The number of methoxy groups -OCH3 is 1. The summed E-state index contributed by atoms with van der Waals surface area (Å²) in [6.45, 7) is 10.8. The zero-order valence-electron chi connectivity index (χ0n) is 19.1. The predicted octanol–water partition coefficient (Wildman–Crippen LogP) is 6.78. The normalized spacial score (nSPS) is 20.1. The largest absolute Gasteiger partial charge is 0.497 e. The fraction of sp³-hybridized carbons (Fsp3) is 0.370. The van der Waals surface area contributed by atoms with Gasteiger partial charge < -0.3 is 9.47 Å². The summed E-state index contributed by atoms with van der Waals surface area (Å²) in [4.78, 5) is 10.5. The van der Waals surface area contributed by atoms with Gasteiger partial charge in [0.1, 0.15) is 23.9 Å². The Kier molecular flexibility index (Phi) is 8.46. The van der Waals surface area contributed by atoms with Crippen LogP contribution in [0.4, 0.5) is 0 Å². The molecular weight excluding hydrogens is 372 g/mol. The van der Waals surface area contributed by atoms with Crippen LogP contribution in [-0.4, -0.2) is 19.5 Å². The second kappa shape index (κ2) is 10.8. The van der Waals surface area contributed by atoms with Crippen LogP contribution in [0.15, 0.2) is 83.0 Å². The zero-order chi connectivity index (χ0) is 22.1. The molecular formula is C27H34O3. The van der Waals surface area contributed by atoms with E-state index in [1.54, 1.807) is 13.2 Å². The first-order valence-corrected chi connectivity index (χ1v) is 10.4. The Hall–Kier alpha value is -2.81. The summed E-state index contributed by atoms with van der Waals surface area (Å²) in [5.74, 6) is 1.69. The Labute approximate surface area is 181 Å². The smallest absolute Gasteiger partial charge is 0.143 e. The van der Waals surface area contributed by atoms with E-state index in [4.69, 9.17) is 9.47 Å². The molecule has 1 unspecified atom stereocenters. The maximum atomic E-state index is 10.5. The van der Waals surface area contributed by atoms with Crippen molar-refractivity contribution in [2.45, 2.75) is 53.6 Å². The molecule has 0 N–H and O–H groups in total. The molecule has 0 aromatic heterocycles. The topological polar surface area (TPSA) is 35.5 Å². The van der Waals surface area contributed by atoms with Crippen LogP contribution in [0, 0.1) is 5.41 Å². The van der Waals surface area contributed by atoms with E-state index in [9.17, 15) is 4.79 Å². The first-order chi connectivity index (χ1) is 14.3. The maximum Gasteiger partial charge on any atom is 0.143 e. The summed E-state index contributed by atoms with van der Waals surface area (Å²) < 4.78 is 11.5. The summed E-state index contributed by atoms with van der Waals surface area (Å²) >= 11 is 0. The molecule has 0 aliphatic heterocycles. The highest BCUT2D eigenvalue weighted by atomic mass is 16.5. The maximum absolute atomic E-state index is 10.5. The van der Waals surface area contributed by atoms with Crippen LogP contribution in [0.1, 0.15) is 47.5 Å². The van der Waals surface area contributed by atoms with Crippen molar-refractivity contribution in [2.24, 2.45) is 5.41 Å². The number of hydrogen-bond acceptors (Lipinski definition) is 3. The van der Waals surface area contributed by atoms with Crippen LogP contribution in [-0.2, 0) is 4.79 Å². The predicted molar refractivity (Wildman–Crippen MR) is 125 cm³/mol. The minimum atomic E-state index is 0.0754. The lowest BCUT2D eigenvalue weighted by Crippen LogP contribution is -2.30. The van der Waals surface area contributed by atoms with Crippen LogP contribution in [0.5, 0.6) is 11.5 Å². The molecule has 1 aliphatic rings. The number of allylic oxidation sites excluding steroid dienone is 9. The minimum Gasteiger partial charge on any atom is -0.497 e. The Balaban J connectivity index is 2.19. The number of benzene rings is 1. The second-order valence-corrected chi connectivity index (χ2v) is 8.45.